The van der Waals surface area contributed by atoms with Crippen molar-refractivity contribution in [2.45, 2.75) is 31.5 Å². The highest BCUT2D eigenvalue weighted by Gasteiger charge is 2.45. The number of nitrogens with zero attached hydrogens (tertiary/aromatic N) is 3. The second-order valence-electron chi connectivity index (χ2n) is 8.42. The first-order valence-corrected chi connectivity index (χ1v) is 13.3. The Balaban J connectivity index is 1.55. The van der Waals surface area contributed by atoms with Gasteiger partial charge in [0.25, 0.3) is 5.91 Å². The van der Waals surface area contributed by atoms with E-state index in [0.717, 1.165) is 18.4 Å². The Morgan fingerprint density at radius 2 is 1.66 bits per heavy atom. The summed E-state index contributed by atoms with van der Waals surface area (Å²) in [6.45, 7) is -0.198. The fraction of sp³-hybridized carbons (Fsp3) is 0.304. The third-order valence-corrected chi connectivity index (χ3v) is 7.02. The highest BCUT2D eigenvalue weighted by Crippen LogP contribution is 2.48. The van der Waals surface area contributed by atoms with Crippen LogP contribution in [0.25, 0.3) is 0 Å². The van der Waals surface area contributed by atoms with Gasteiger partial charge < -0.3 is 15.4 Å². The summed E-state index contributed by atoms with van der Waals surface area (Å²) in [5.74, 6) is -1.18. The van der Waals surface area contributed by atoms with Crippen molar-refractivity contribution in [1.82, 2.24) is 19.7 Å². The molecule has 38 heavy (non-hydrogen) atoms. The van der Waals surface area contributed by atoms with E-state index in [4.69, 9.17) is 16.3 Å². The number of ether oxygens (including phenoxy) is 1. The number of amides is 1. The van der Waals surface area contributed by atoms with Crippen LogP contribution in [0.3, 0.4) is 0 Å². The van der Waals surface area contributed by atoms with Gasteiger partial charge in [0, 0.05) is 16.3 Å². The standard InChI is InChI=1S/C23H22ClF3N6O4S/c1-2-38(35,36)33-18(34)14-3-9-17(10-4-14)28-19-29-20(31-21(30-19)37-13-23(25,26)27)32-22(11-12-22)15-5-7-16(24)8-6-15/h3-10H,2,11-13H2,1H3,(H,33,34)(H2,28,29,30,31,32). The van der Waals surface area contributed by atoms with Crippen molar-refractivity contribution < 1.29 is 31.1 Å². The molecular formula is C23H22ClF3N6O4S. The van der Waals surface area contributed by atoms with Crippen LogP contribution in [0.4, 0.5) is 30.8 Å². The second kappa shape index (κ2) is 10.6. The van der Waals surface area contributed by atoms with E-state index in [-0.39, 0.29) is 23.2 Å². The van der Waals surface area contributed by atoms with Crippen molar-refractivity contribution in [3.63, 3.8) is 0 Å². The van der Waals surface area contributed by atoms with E-state index in [1.165, 1.54) is 31.2 Å². The number of alkyl halides is 3. The highest BCUT2D eigenvalue weighted by atomic mass is 35.5. The molecule has 0 spiro atoms. The van der Waals surface area contributed by atoms with Crippen molar-refractivity contribution in [1.29, 1.82) is 0 Å². The van der Waals surface area contributed by atoms with Crippen LogP contribution in [0.2, 0.25) is 5.02 Å². The molecule has 15 heteroatoms. The van der Waals surface area contributed by atoms with E-state index >= 15 is 0 Å². The monoisotopic (exact) mass is 570 g/mol. The molecule has 1 aromatic heterocycles. The van der Waals surface area contributed by atoms with Crippen molar-refractivity contribution in [2.24, 2.45) is 0 Å². The van der Waals surface area contributed by atoms with Gasteiger partial charge in [-0.05, 0) is 61.7 Å². The Labute approximate surface area is 221 Å². The number of rotatable bonds is 10. The summed E-state index contributed by atoms with van der Waals surface area (Å²) in [6, 6.07) is 12.2. The zero-order valence-corrected chi connectivity index (χ0v) is 21.4. The molecule has 202 valence electrons. The second-order valence-corrected chi connectivity index (χ2v) is 10.9. The third kappa shape index (κ3) is 7.22. The maximum absolute atomic E-state index is 12.7. The van der Waals surface area contributed by atoms with Crippen LogP contribution < -0.4 is 20.1 Å². The minimum Gasteiger partial charge on any atom is -0.454 e. The molecule has 0 saturated heterocycles. The van der Waals surface area contributed by atoms with Crippen LogP contribution >= 0.6 is 11.6 Å². The average Bonchev–Trinajstić information content (AvgIpc) is 3.63. The fourth-order valence-corrected chi connectivity index (χ4v) is 4.05. The molecule has 0 aliphatic heterocycles. The molecule has 3 aromatic rings. The van der Waals surface area contributed by atoms with Crippen LogP contribution in [0.1, 0.15) is 35.7 Å². The van der Waals surface area contributed by atoms with Gasteiger partial charge in [0.1, 0.15) is 0 Å². The maximum atomic E-state index is 12.7. The zero-order chi connectivity index (χ0) is 27.6. The first-order chi connectivity index (χ1) is 17.9. The van der Waals surface area contributed by atoms with Crippen LogP contribution in [-0.4, -0.2) is 47.8 Å². The Morgan fingerprint density at radius 1 is 1.03 bits per heavy atom. The molecule has 0 unspecified atom stereocenters. The molecule has 3 N–H and O–H groups in total. The van der Waals surface area contributed by atoms with Crippen molar-refractivity contribution >= 4 is 45.1 Å². The van der Waals surface area contributed by atoms with Crippen LogP contribution in [0.15, 0.2) is 48.5 Å². The SMILES string of the molecule is CCS(=O)(=O)NC(=O)c1ccc(Nc2nc(NC3(c4ccc(Cl)cc4)CC3)nc(OCC(F)(F)F)n2)cc1. The predicted molar refractivity (Wildman–Crippen MR) is 134 cm³/mol. The van der Waals surface area contributed by atoms with E-state index in [2.05, 4.69) is 25.6 Å². The lowest BCUT2D eigenvalue weighted by atomic mass is 10.1. The lowest BCUT2D eigenvalue weighted by Crippen LogP contribution is -2.31. The number of carbonyl (C=O) groups is 1. The molecule has 1 saturated carbocycles. The van der Waals surface area contributed by atoms with Gasteiger partial charge in [-0.2, -0.15) is 28.1 Å². The van der Waals surface area contributed by atoms with Gasteiger partial charge >= 0.3 is 12.2 Å². The smallest absolute Gasteiger partial charge is 0.422 e. The summed E-state index contributed by atoms with van der Waals surface area (Å²) in [5, 5.41) is 6.56. The Morgan fingerprint density at radius 3 is 2.24 bits per heavy atom. The van der Waals surface area contributed by atoms with Gasteiger partial charge in [-0.3, -0.25) is 4.79 Å². The fourth-order valence-electron chi connectivity index (χ4n) is 3.38. The summed E-state index contributed by atoms with van der Waals surface area (Å²) in [4.78, 5) is 24.3. The van der Waals surface area contributed by atoms with Crippen molar-refractivity contribution in [3.8, 4) is 6.01 Å². The first-order valence-electron chi connectivity index (χ1n) is 11.3. The summed E-state index contributed by atoms with van der Waals surface area (Å²) >= 11 is 5.98. The topological polar surface area (TPSA) is 135 Å². The lowest BCUT2D eigenvalue weighted by molar-refractivity contribution is -0.154. The minimum atomic E-state index is -4.60. The minimum absolute atomic E-state index is 0.00658. The summed E-state index contributed by atoms with van der Waals surface area (Å²) in [5.41, 5.74) is 0.850. The van der Waals surface area contributed by atoms with Crippen LogP contribution in [-0.2, 0) is 15.6 Å². The molecule has 4 rings (SSSR count). The van der Waals surface area contributed by atoms with Gasteiger partial charge in [-0.25, -0.2) is 13.1 Å². The van der Waals surface area contributed by atoms with Gasteiger partial charge in [-0.1, -0.05) is 23.7 Å². The molecular weight excluding hydrogens is 549 g/mol. The summed E-state index contributed by atoms with van der Waals surface area (Å²) in [6.07, 6.45) is -3.13. The molecule has 1 aliphatic rings. The van der Waals surface area contributed by atoms with E-state index in [0.29, 0.717) is 10.7 Å². The molecule has 1 heterocycles. The third-order valence-electron chi connectivity index (χ3n) is 5.51. The summed E-state index contributed by atoms with van der Waals surface area (Å²) < 4.78 is 68.2. The molecule has 2 aromatic carbocycles. The number of sulfonamides is 1. The van der Waals surface area contributed by atoms with E-state index in [1.54, 1.807) is 12.1 Å². The number of nitrogens with one attached hydrogen (secondary N) is 3. The number of hydrogen-bond donors (Lipinski definition) is 3. The Hall–Kier alpha value is -3.65. The number of aromatic nitrogens is 3. The number of carbonyl (C=O) groups excluding carboxylic acids is 1. The molecule has 0 radical (unpaired) electrons. The quantitative estimate of drug-likeness (QED) is 0.324. The maximum Gasteiger partial charge on any atom is 0.422 e. The molecule has 1 fully saturated rings. The van der Waals surface area contributed by atoms with Crippen LogP contribution in [0, 0.1) is 0 Å². The van der Waals surface area contributed by atoms with Crippen molar-refractivity contribution in [2.75, 3.05) is 23.0 Å². The molecule has 1 amide bonds. The Bertz CT molecular complexity index is 1420. The van der Waals surface area contributed by atoms with Gasteiger partial charge in [0.2, 0.25) is 21.9 Å². The van der Waals surface area contributed by atoms with Crippen molar-refractivity contribution in [3.05, 3.63) is 64.7 Å². The predicted octanol–water partition coefficient (Wildman–Crippen LogP) is 4.39. The highest BCUT2D eigenvalue weighted by molar-refractivity contribution is 7.90. The normalized spacial score (nSPS) is 14.4. The van der Waals surface area contributed by atoms with Gasteiger partial charge in [-0.15, -0.1) is 0 Å². The zero-order valence-electron chi connectivity index (χ0n) is 19.8. The molecule has 0 bridgehead atoms. The number of hydrogen-bond acceptors (Lipinski definition) is 9. The van der Waals surface area contributed by atoms with E-state index < -0.39 is 40.3 Å². The number of halogens is 4. The first kappa shape index (κ1) is 27.4. The number of anilines is 3. The van der Waals surface area contributed by atoms with Gasteiger partial charge in [0.05, 0.1) is 11.3 Å². The number of benzene rings is 2. The molecule has 0 atom stereocenters. The largest absolute Gasteiger partial charge is 0.454 e. The van der Waals surface area contributed by atoms with E-state index in [1.807, 2.05) is 16.9 Å². The van der Waals surface area contributed by atoms with Gasteiger partial charge in [0.15, 0.2) is 6.61 Å². The lowest BCUT2D eigenvalue weighted by Gasteiger charge is -2.19. The Kier molecular flexibility index (Phi) is 7.65. The molecule has 10 nitrogen and oxygen atoms in total. The average molecular weight is 571 g/mol. The molecule has 1 aliphatic carbocycles. The van der Waals surface area contributed by atoms with E-state index in [9.17, 15) is 26.4 Å². The summed E-state index contributed by atoms with van der Waals surface area (Å²) in [7, 11) is -3.73. The van der Waals surface area contributed by atoms with Crippen LogP contribution in [0.5, 0.6) is 6.01 Å².